The molecule has 0 unspecified atom stereocenters. The lowest BCUT2D eigenvalue weighted by atomic mass is 9.97. The maximum atomic E-state index is 13.2. The lowest BCUT2D eigenvalue weighted by Gasteiger charge is -2.45. The van der Waals surface area contributed by atoms with E-state index < -0.39 is 29.9 Å². The van der Waals surface area contributed by atoms with Crippen molar-refractivity contribution in [3.8, 4) is 17.1 Å². The summed E-state index contributed by atoms with van der Waals surface area (Å²) in [6.45, 7) is 1.02. The molecule has 0 saturated carbocycles. The summed E-state index contributed by atoms with van der Waals surface area (Å²) in [7, 11) is 1.65. The Bertz CT molecular complexity index is 2440. The summed E-state index contributed by atoms with van der Waals surface area (Å²) in [5.74, 6) is 1.29. The molecule has 8 heteroatoms. The van der Waals surface area contributed by atoms with Crippen LogP contribution in [0.3, 0.4) is 0 Å². The predicted octanol–water partition coefficient (Wildman–Crippen LogP) is 10.8. The molecule has 0 N–H and O–H groups in total. The van der Waals surface area contributed by atoms with E-state index in [-0.39, 0.29) is 5.43 Å². The minimum atomic E-state index is -0.585. The minimum absolute atomic E-state index is 0.0982. The van der Waals surface area contributed by atoms with Crippen LogP contribution >= 0.6 is 11.8 Å². The van der Waals surface area contributed by atoms with E-state index in [9.17, 15) is 4.79 Å². The number of ether oxygens (including phenoxy) is 5. The van der Waals surface area contributed by atoms with E-state index >= 15 is 0 Å². The van der Waals surface area contributed by atoms with Crippen LogP contribution in [0.25, 0.3) is 28.4 Å². The fraction of sp³-hybridized carbons (Fsp3) is 0.180. The van der Waals surface area contributed by atoms with Gasteiger partial charge in [-0.3, -0.25) is 4.79 Å². The van der Waals surface area contributed by atoms with Gasteiger partial charge in [-0.05, 0) is 58.7 Å². The monoisotopic (exact) mass is 788 g/mol. The van der Waals surface area contributed by atoms with Crippen molar-refractivity contribution < 1.29 is 28.1 Å². The van der Waals surface area contributed by atoms with Gasteiger partial charge < -0.3 is 28.1 Å². The van der Waals surface area contributed by atoms with Crippen molar-refractivity contribution >= 4 is 28.8 Å². The molecule has 292 valence electrons. The first kappa shape index (κ1) is 39.1. The Kier molecular flexibility index (Phi) is 12.9. The highest BCUT2D eigenvalue weighted by molar-refractivity contribution is 7.99. The molecular formula is C50H44O7S. The van der Waals surface area contributed by atoms with E-state index in [0.717, 1.165) is 38.5 Å². The molecule has 1 aromatic heterocycles. The highest BCUT2D eigenvalue weighted by Crippen LogP contribution is 2.39. The average molecular weight is 789 g/mol. The topological polar surface area (TPSA) is 76.4 Å². The van der Waals surface area contributed by atoms with Gasteiger partial charge in [0.15, 0.2) is 5.43 Å². The van der Waals surface area contributed by atoms with Gasteiger partial charge in [-0.1, -0.05) is 151 Å². The van der Waals surface area contributed by atoms with Gasteiger partial charge in [0.05, 0.1) is 32.3 Å². The Hall–Kier alpha value is -5.74. The molecule has 0 bridgehead atoms. The molecule has 8 rings (SSSR count). The van der Waals surface area contributed by atoms with Crippen LogP contribution in [-0.2, 0) is 38.8 Å². The first-order valence-corrected chi connectivity index (χ1v) is 20.2. The molecule has 7 aromatic rings. The molecule has 0 aliphatic carbocycles. The number of rotatable bonds is 15. The van der Waals surface area contributed by atoms with Crippen molar-refractivity contribution in [2.45, 2.75) is 54.6 Å². The molecule has 2 heterocycles. The van der Waals surface area contributed by atoms with Crippen LogP contribution in [-0.4, -0.2) is 37.0 Å². The Morgan fingerprint density at radius 1 is 0.603 bits per heavy atom. The summed E-state index contributed by atoms with van der Waals surface area (Å²) in [6.07, 6.45) is 1.80. The van der Waals surface area contributed by atoms with Crippen LogP contribution < -0.4 is 10.2 Å². The second kappa shape index (κ2) is 19.1. The molecule has 0 amide bonds. The maximum absolute atomic E-state index is 13.2. The number of thioether (sulfide) groups is 1. The van der Waals surface area contributed by atoms with Crippen molar-refractivity contribution in [3.63, 3.8) is 0 Å². The summed E-state index contributed by atoms with van der Waals surface area (Å²) in [4.78, 5) is 14.2. The predicted molar refractivity (Wildman–Crippen MR) is 230 cm³/mol. The van der Waals surface area contributed by atoms with Gasteiger partial charge in [0, 0.05) is 16.5 Å². The summed E-state index contributed by atoms with van der Waals surface area (Å²) in [6, 6.07) is 55.1. The SMILES string of the molecule is COc1ccc(CO[C@H]2[C@H](OCc3ccccc3)[C@@H](OCc3ccccc3)[C@H](Sc3ccccc3)O[C@@H]2/C=C/c2ccc3c(=O)cc(-c4ccccc4)oc3c2)cc1. The fourth-order valence-electron chi connectivity index (χ4n) is 6.95. The van der Waals surface area contributed by atoms with E-state index in [1.54, 1.807) is 24.9 Å². The molecule has 1 aliphatic heterocycles. The van der Waals surface area contributed by atoms with E-state index in [2.05, 4.69) is 36.4 Å². The maximum Gasteiger partial charge on any atom is 0.193 e. The number of benzene rings is 6. The van der Waals surface area contributed by atoms with Gasteiger partial charge in [0.2, 0.25) is 0 Å². The zero-order valence-electron chi connectivity index (χ0n) is 32.1. The molecule has 6 aromatic carbocycles. The number of fused-ring (bicyclic) bond motifs is 1. The third kappa shape index (κ3) is 9.85. The molecule has 0 radical (unpaired) electrons. The molecule has 1 aliphatic rings. The first-order chi connectivity index (χ1) is 28.6. The third-order valence-corrected chi connectivity index (χ3v) is 11.1. The van der Waals surface area contributed by atoms with Crippen molar-refractivity contribution in [1.82, 2.24) is 0 Å². The van der Waals surface area contributed by atoms with Crippen LogP contribution in [0, 0.1) is 0 Å². The summed E-state index contributed by atoms with van der Waals surface area (Å²) in [5.41, 5.74) is 4.68. The Morgan fingerprint density at radius 3 is 1.81 bits per heavy atom. The quantitative estimate of drug-likeness (QED) is 0.102. The standard InChI is InChI=1S/C50H44O7S/c1-52-40-26-22-38(23-27-40)34-53-47-44(29-25-35-24-28-42-43(51)31-45(56-46(42)30-35)39-18-10-4-11-19-39)57-50(58-41-20-12-5-13-21-41)49(55-33-37-16-8-3-9-17-37)48(47)54-32-36-14-6-2-7-15-36/h2-31,44,47-50H,32-34H2,1H3/b29-25+/t44-,47-,48+,49-,50+/m1/s1. The van der Waals surface area contributed by atoms with Crippen LogP contribution in [0.5, 0.6) is 5.75 Å². The van der Waals surface area contributed by atoms with E-state index in [4.69, 9.17) is 28.1 Å². The second-order valence-corrected chi connectivity index (χ2v) is 15.2. The van der Waals surface area contributed by atoms with Gasteiger partial charge in [-0.2, -0.15) is 0 Å². The fourth-order valence-corrected chi connectivity index (χ4v) is 8.08. The molecule has 0 spiro atoms. The van der Waals surface area contributed by atoms with Gasteiger partial charge in [0.1, 0.15) is 46.9 Å². The molecule has 5 atom stereocenters. The normalized spacial score (nSPS) is 19.4. The molecule has 1 fully saturated rings. The van der Waals surface area contributed by atoms with Crippen LogP contribution in [0.15, 0.2) is 190 Å². The van der Waals surface area contributed by atoms with Gasteiger partial charge in [-0.25, -0.2) is 0 Å². The zero-order chi connectivity index (χ0) is 39.5. The van der Waals surface area contributed by atoms with Gasteiger partial charge >= 0.3 is 0 Å². The highest BCUT2D eigenvalue weighted by Gasteiger charge is 2.48. The van der Waals surface area contributed by atoms with Crippen LogP contribution in [0.2, 0.25) is 0 Å². The molecule has 7 nitrogen and oxygen atoms in total. The van der Waals surface area contributed by atoms with E-state index in [1.165, 1.54) is 0 Å². The molecule has 1 saturated heterocycles. The van der Waals surface area contributed by atoms with Crippen molar-refractivity contribution in [2.24, 2.45) is 0 Å². The van der Waals surface area contributed by atoms with Gasteiger partial charge in [-0.15, -0.1) is 0 Å². The molecule has 58 heavy (non-hydrogen) atoms. The summed E-state index contributed by atoms with van der Waals surface area (Å²) < 4.78 is 39.5. The lowest BCUT2D eigenvalue weighted by Crippen LogP contribution is -2.58. The van der Waals surface area contributed by atoms with Crippen molar-refractivity contribution in [3.05, 3.63) is 208 Å². The summed E-state index contributed by atoms with van der Waals surface area (Å²) in [5, 5.41) is 0.513. The lowest BCUT2D eigenvalue weighted by molar-refractivity contribution is -0.236. The van der Waals surface area contributed by atoms with Gasteiger partial charge in [0.25, 0.3) is 0 Å². The minimum Gasteiger partial charge on any atom is -0.497 e. The highest BCUT2D eigenvalue weighted by atomic mass is 32.2. The molecular weight excluding hydrogens is 745 g/mol. The average Bonchev–Trinajstić information content (AvgIpc) is 3.28. The third-order valence-electron chi connectivity index (χ3n) is 9.99. The Balaban J connectivity index is 1.17. The Morgan fingerprint density at radius 2 is 1.17 bits per heavy atom. The van der Waals surface area contributed by atoms with E-state index in [0.29, 0.717) is 36.6 Å². The number of methoxy groups -OCH3 is 1. The smallest absolute Gasteiger partial charge is 0.193 e. The largest absolute Gasteiger partial charge is 0.497 e. The number of hydrogen-bond acceptors (Lipinski definition) is 8. The first-order valence-electron chi connectivity index (χ1n) is 19.3. The van der Waals surface area contributed by atoms with Crippen molar-refractivity contribution in [1.29, 1.82) is 0 Å². The zero-order valence-corrected chi connectivity index (χ0v) is 32.9. The van der Waals surface area contributed by atoms with Crippen LogP contribution in [0.1, 0.15) is 22.3 Å². The Labute approximate surface area is 342 Å². The van der Waals surface area contributed by atoms with Crippen molar-refractivity contribution in [2.75, 3.05) is 7.11 Å². The number of hydrogen-bond donors (Lipinski definition) is 0. The second-order valence-electron chi connectivity index (χ2n) is 14.0. The summed E-state index contributed by atoms with van der Waals surface area (Å²) >= 11 is 1.60. The van der Waals surface area contributed by atoms with E-state index in [1.807, 2.05) is 140 Å². The van der Waals surface area contributed by atoms with Crippen LogP contribution in [0.4, 0.5) is 0 Å².